The minimum absolute atomic E-state index is 0.115. The van der Waals surface area contributed by atoms with Crippen LogP contribution in [0.1, 0.15) is 56.0 Å². The molecule has 1 atom stereocenters. The van der Waals surface area contributed by atoms with Crippen LogP contribution in [0.4, 0.5) is 4.79 Å². The predicted octanol–water partition coefficient (Wildman–Crippen LogP) is 3.69. The molecule has 10 heteroatoms. The van der Waals surface area contributed by atoms with Crippen molar-refractivity contribution in [3.8, 4) is 5.69 Å². The highest BCUT2D eigenvalue weighted by Gasteiger charge is 2.30. The first-order chi connectivity index (χ1) is 18.3. The highest BCUT2D eigenvalue weighted by molar-refractivity contribution is 7.18. The van der Waals surface area contributed by atoms with Crippen LogP contribution in [0.15, 0.2) is 33.9 Å². The second kappa shape index (κ2) is 10.8. The van der Waals surface area contributed by atoms with Gasteiger partial charge in [0.15, 0.2) is 0 Å². The number of amides is 2. The van der Waals surface area contributed by atoms with E-state index in [1.165, 1.54) is 20.5 Å². The molecule has 2 aliphatic rings. The standard InChI is InChI=1S/C28H34N4O5S/c1-4-19-9-11-20(12-10-19)32-25(34)24-21-13-15-29(28(36)37-5-2)16-22(21)38-26(24)31(27(32)35)17-23(33)30-14-7-6-8-18(30)3/h9-12,18H,4-8,13-17H2,1-3H3/t18-/m0/s1. The minimum Gasteiger partial charge on any atom is -0.450 e. The molecule has 0 aliphatic carbocycles. The van der Waals surface area contributed by atoms with Gasteiger partial charge in [0.05, 0.1) is 24.2 Å². The van der Waals surface area contributed by atoms with Crippen molar-refractivity contribution < 1.29 is 14.3 Å². The topological polar surface area (TPSA) is 93.8 Å². The van der Waals surface area contributed by atoms with E-state index in [0.717, 1.165) is 41.7 Å². The first kappa shape index (κ1) is 26.2. The molecule has 0 N–H and O–H groups in total. The van der Waals surface area contributed by atoms with Crippen LogP contribution in [0.2, 0.25) is 0 Å². The third-order valence-electron chi connectivity index (χ3n) is 7.67. The summed E-state index contributed by atoms with van der Waals surface area (Å²) < 4.78 is 7.84. The second-order valence-corrected chi connectivity index (χ2v) is 11.1. The van der Waals surface area contributed by atoms with E-state index in [2.05, 4.69) is 0 Å². The Balaban J connectivity index is 1.66. The normalized spacial score (nSPS) is 17.5. The van der Waals surface area contributed by atoms with Gasteiger partial charge in [0.2, 0.25) is 5.91 Å². The van der Waals surface area contributed by atoms with Crippen LogP contribution < -0.4 is 11.2 Å². The van der Waals surface area contributed by atoms with Crippen LogP contribution >= 0.6 is 11.3 Å². The van der Waals surface area contributed by atoms with Gasteiger partial charge in [0.25, 0.3) is 5.56 Å². The monoisotopic (exact) mass is 538 g/mol. The summed E-state index contributed by atoms with van der Waals surface area (Å²) in [5.74, 6) is -0.119. The Kier molecular flexibility index (Phi) is 7.43. The van der Waals surface area contributed by atoms with Gasteiger partial charge < -0.3 is 14.5 Å². The Morgan fingerprint density at radius 2 is 1.84 bits per heavy atom. The molecular weight excluding hydrogens is 504 g/mol. The Hall–Kier alpha value is -3.40. The summed E-state index contributed by atoms with van der Waals surface area (Å²) in [6.07, 6.45) is 3.90. The molecule has 4 heterocycles. The first-order valence-electron chi connectivity index (χ1n) is 13.4. The number of thiophene rings is 1. The molecule has 202 valence electrons. The van der Waals surface area contributed by atoms with Gasteiger partial charge in [-0.3, -0.25) is 14.2 Å². The molecule has 9 nitrogen and oxygen atoms in total. The van der Waals surface area contributed by atoms with E-state index in [-0.39, 0.29) is 30.7 Å². The summed E-state index contributed by atoms with van der Waals surface area (Å²) in [5, 5.41) is 0.465. The van der Waals surface area contributed by atoms with E-state index in [0.29, 0.717) is 42.0 Å². The number of hydrogen-bond acceptors (Lipinski definition) is 6. The fraction of sp³-hybridized carbons (Fsp3) is 0.500. The summed E-state index contributed by atoms with van der Waals surface area (Å²) in [5.41, 5.74) is 1.53. The summed E-state index contributed by atoms with van der Waals surface area (Å²) in [4.78, 5) is 58.5. The summed E-state index contributed by atoms with van der Waals surface area (Å²) in [6.45, 7) is 7.41. The number of piperidine rings is 1. The average Bonchev–Trinajstić information content (AvgIpc) is 3.31. The van der Waals surface area contributed by atoms with E-state index in [4.69, 9.17) is 4.74 Å². The van der Waals surface area contributed by atoms with Gasteiger partial charge in [0, 0.05) is 24.0 Å². The second-order valence-electron chi connectivity index (χ2n) is 10.0. The summed E-state index contributed by atoms with van der Waals surface area (Å²) >= 11 is 1.32. The zero-order chi connectivity index (χ0) is 27.0. The van der Waals surface area contributed by atoms with Crippen LogP contribution in [0.5, 0.6) is 0 Å². The lowest BCUT2D eigenvalue weighted by Crippen LogP contribution is -2.46. The number of ether oxygens (including phenoxy) is 1. The van der Waals surface area contributed by atoms with Crippen LogP contribution in [0, 0.1) is 0 Å². The van der Waals surface area contributed by atoms with E-state index < -0.39 is 11.8 Å². The van der Waals surface area contributed by atoms with E-state index in [1.54, 1.807) is 24.0 Å². The zero-order valence-corrected chi connectivity index (χ0v) is 23.0. The molecule has 1 saturated heterocycles. The van der Waals surface area contributed by atoms with Crippen LogP contribution in [-0.4, -0.2) is 56.7 Å². The van der Waals surface area contributed by atoms with Gasteiger partial charge >= 0.3 is 11.8 Å². The maximum atomic E-state index is 13.9. The molecule has 0 spiro atoms. The molecule has 2 aliphatic heterocycles. The summed E-state index contributed by atoms with van der Waals surface area (Å²) in [7, 11) is 0. The van der Waals surface area contributed by atoms with Crippen molar-refractivity contribution in [3.63, 3.8) is 0 Å². The smallest absolute Gasteiger partial charge is 0.410 e. The average molecular weight is 539 g/mol. The Morgan fingerprint density at radius 1 is 1.08 bits per heavy atom. The fourth-order valence-corrected chi connectivity index (χ4v) is 6.87. The molecule has 0 unspecified atom stereocenters. The molecule has 2 amide bonds. The Labute approximate surface area is 225 Å². The SMILES string of the molecule is CCOC(=O)N1CCc2c(sc3c2c(=O)n(-c2ccc(CC)cc2)c(=O)n3CC(=O)N2CCCC[C@@H]2C)C1. The predicted molar refractivity (Wildman–Crippen MR) is 147 cm³/mol. The van der Waals surface area contributed by atoms with Crippen molar-refractivity contribution in [3.05, 3.63) is 61.1 Å². The van der Waals surface area contributed by atoms with E-state index in [9.17, 15) is 19.2 Å². The van der Waals surface area contributed by atoms with Gasteiger partial charge in [0.1, 0.15) is 11.4 Å². The maximum Gasteiger partial charge on any atom is 0.410 e. The third-order valence-corrected chi connectivity index (χ3v) is 8.91. The van der Waals surface area contributed by atoms with Crippen molar-refractivity contribution in [2.45, 2.75) is 72.0 Å². The fourth-order valence-electron chi connectivity index (χ4n) is 5.52. The third kappa shape index (κ3) is 4.66. The van der Waals surface area contributed by atoms with Gasteiger partial charge in [-0.2, -0.15) is 0 Å². The number of aryl methyl sites for hydroxylation is 1. The highest BCUT2D eigenvalue weighted by Crippen LogP contribution is 2.33. The summed E-state index contributed by atoms with van der Waals surface area (Å²) in [6, 6.07) is 7.51. The van der Waals surface area contributed by atoms with Crippen molar-refractivity contribution in [1.29, 1.82) is 0 Å². The van der Waals surface area contributed by atoms with Crippen molar-refractivity contribution in [1.82, 2.24) is 18.9 Å². The van der Waals surface area contributed by atoms with Crippen LogP contribution in [0.25, 0.3) is 15.9 Å². The van der Waals surface area contributed by atoms with Gasteiger partial charge in [-0.1, -0.05) is 19.1 Å². The number of carbonyl (C=O) groups excluding carboxylic acids is 2. The van der Waals surface area contributed by atoms with Gasteiger partial charge in [-0.25, -0.2) is 14.2 Å². The van der Waals surface area contributed by atoms with Crippen LogP contribution in [-0.2, 0) is 35.5 Å². The number of carbonyl (C=O) groups is 2. The number of likely N-dealkylation sites (tertiary alicyclic amines) is 1. The Bertz CT molecular complexity index is 1490. The number of benzene rings is 1. The molecular formula is C28H34N4O5S. The molecule has 2 aromatic heterocycles. The van der Waals surface area contributed by atoms with Crippen molar-refractivity contribution >= 4 is 33.6 Å². The molecule has 0 bridgehead atoms. The molecule has 1 fully saturated rings. The number of hydrogen-bond donors (Lipinski definition) is 0. The number of aromatic nitrogens is 2. The number of nitrogens with zero attached hydrogens (tertiary/aromatic N) is 4. The highest BCUT2D eigenvalue weighted by atomic mass is 32.1. The van der Waals surface area contributed by atoms with Crippen LogP contribution in [0.3, 0.4) is 0 Å². The first-order valence-corrected chi connectivity index (χ1v) is 14.3. The van der Waals surface area contributed by atoms with E-state index in [1.807, 2.05) is 30.9 Å². The molecule has 0 radical (unpaired) electrons. The van der Waals surface area contributed by atoms with Gasteiger partial charge in [-0.15, -0.1) is 11.3 Å². The quantitative estimate of drug-likeness (QED) is 0.494. The molecule has 38 heavy (non-hydrogen) atoms. The molecule has 0 saturated carbocycles. The molecule has 3 aromatic rings. The van der Waals surface area contributed by atoms with Crippen molar-refractivity contribution in [2.24, 2.45) is 0 Å². The lowest BCUT2D eigenvalue weighted by atomic mass is 10.0. The zero-order valence-electron chi connectivity index (χ0n) is 22.2. The van der Waals surface area contributed by atoms with Gasteiger partial charge in [-0.05, 0) is 69.2 Å². The number of rotatable bonds is 5. The lowest BCUT2D eigenvalue weighted by molar-refractivity contribution is -0.135. The van der Waals surface area contributed by atoms with Crippen molar-refractivity contribution in [2.75, 3.05) is 19.7 Å². The molecule has 1 aromatic carbocycles. The largest absolute Gasteiger partial charge is 0.450 e. The maximum absolute atomic E-state index is 13.9. The lowest BCUT2D eigenvalue weighted by Gasteiger charge is -2.33. The number of fused-ring (bicyclic) bond motifs is 3. The minimum atomic E-state index is -0.523. The Morgan fingerprint density at radius 3 is 2.53 bits per heavy atom. The molecule has 5 rings (SSSR count). The van der Waals surface area contributed by atoms with E-state index >= 15 is 0 Å².